The zero-order chi connectivity index (χ0) is 2.71. The second kappa shape index (κ2) is 10.8. The van der Waals surface area contributed by atoms with E-state index in [0.717, 1.165) is 0 Å². The van der Waals surface area contributed by atoms with E-state index in [2.05, 4.69) is 0 Å². The first-order chi connectivity index (χ1) is 1.41. The summed E-state index contributed by atoms with van der Waals surface area (Å²) in [5, 5.41) is 0. The zero-order valence-corrected chi connectivity index (χ0v) is 3.15. The molecule has 1 nitrogen and oxygen atoms in total. The molecule has 0 spiro atoms. The summed E-state index contributed by atoms with van der Waals surface area (Å²) in [7, 11) is 0. The SMILES string of the molecule is C[C-]=O.[Cu+2]. The Morgan fingerprint density at radius 3 is 1.75 bits per heavy atom. The fourth-order valence-corrected chi connectivity index (χ4v) is 0. The first-order valence-electron chi connectivity index (χ1n) is 0.704. The zero-order valence-electron chi connectivity index (χ0n) is 2.21. The van der Waals surface area contributed by atoms with Crippen LogP contribution < -0.4 is 0 Å². The van der Waals surface area contributed by atoms with Crippen molar-refractivity contribution in [1.82, 2.24) is 0 Å². The predicted molar refractivity (Wildman–Crippen MR) is 11.4 cm³/mol. The van der Waals surface area contributed by atoms with Crippen LogP contribution >= 0.6 is 0 Å². The number of rotatable bonds is 0. The van der Waals surface area contributed by atoms with Crippen molar-refractivity contribution >= 4 is 6.29 Å². The van der Waals surface area contributed by atoms with Gasteiger partial charge < -0.3 is 4.79 Å². The molecule has 0 amide bonds. The molecule has 2 heteroatoms. The van der Waals surface area contributed by atoms with Crippen LogP contribution in [0.1, 0.15) is 6.92 Å². The first-order valence-corrected chi connectivity index (χ1v) is 0.704. The van der Waals surface area contributed by atoms with Gasteiger partial charge in [-0.25, -0.2) is 0 Å². The Kier molecular flexibility index (Phi) is 24.0. The summed E-state index contributed by atoms with van der Waals surface area (Å²) >= 11 is 0. The van der Waals surface area contributed by atoms with Crippen molar-refractivity contribution < 1.29 is 21.9 Å². The minimum atomic E-state index is 0. The second-order valence-corrected chi connectivity index (χ2v) is 0.204. The molecule has 4 heavy (non-hydrogen) atoms. The Balaban J connectivity index is 0. The molecular weight excluding hydrogens is 104 g/mol. The fraction of sp³-hybridized carbons (Fsp3) is 0.500. The van der Waals surface area contributed by atoms with Gasteiger partial charge in [0.25, 0.3) is 0 Å². The van der Waals surface area contributed by atoms with Gasteiger partial charge in [0.15, 0.2) is 0 Å². The van der Waals surface area contributed by atoms with Gasteiger partial charge in [0.2, 0.25) is 0 Å². The van der Waals surface area contributed by atoms with Crippen molar-refractivity contribution in [1.29, 1.82) is 0 Å². The third-order valence-electron chi connectivity index (χ3n) is 0. The number of hydrogen-bond acceptors (Lipinski definition) is 1. The third kappa shape index (κ3) is 86.3. The van der Waals surface area contributed by atoms with E-state index in [1.165, 1.54) is 13.2 Å². The van der Waals surface area contributed by atoms with Crippen molar-refractivity contribution in [3.8, 4) is 0 Å². The Labute approximate surface area is 35.9 Å². The van der Waals surface area contributed by atoms with Crippen molar-refractivity contribution in [2.24, 2.45) is 0 Å². The first kappa shape index (κ1) is 8.89. The summed E-state index contributed by atoms with van der Waals surface area (Å²) in [5.74, 6) is 0. The van der Waals surface area contributed by atoms with E-state index in [1.54, 1.807) is 0 Å². The van der Waals surface area contributed by atoms with Crippen molar-refractivity contribution in [3.63, 3.8) is 0 Å². The van der Waals surface area contributed by atoms with E-state index in [4.69, 9.17) is 4.79 Å². The summed E-state index contributed by atoms with van der Waals surface area (Å²) in [6.45, 7) is 1.32. The maximum atomic E-state index is 8.68. The fourth-order valence-electron chi connectivity index (χ4n) is 0. The molecule has 0 aromatic rings. The van der Waals surface area contributed by atoms with E-state index < -0.39 is 0 Å². The van der Waals surface area contributed by atoms with Gasteiger partial charge in [0.1, 0.15) is 0 Å². The summed E-state index contributed by atoms with van der Waals surface area (Å²) in [6, 6.07) is 0. The van der Waals surface area contributed by atoms with Gasteiger partial charge >= 0.3 is 17.1 Å². The largest absolute Gasteiger partial charge is 2.00 e. The van der Waals surface area contributed by atoms with Gasteiger partial charge in [-0.15, -0.1) is 0 Å². The molecule has 0 saturated carbocycles. The van der Waals surface area contributed by atoms with Crippen LogP contribution in [0.15, 0.2) is 0 Å². The minimum Gasteiger partial charge on any atom is -0.542 e. The van der Waals surface area contributed by atoms with Gasteiger partial charge in [0.05, 0.1) is 0 Å². The summed E-state index contributed by atoms with van der Waals surface area (Å²) in [4.78, 5) is 8.68. The maximum absolute atomic E-state index is 8.68. The maximum Gasteiger partial charge on any atom is 2.00 e. The summed E-state index contributed by atoms with van der Waals surface area (Å²) < 4.78 is 0. The minimum absolute atomic E-state index is 0. The van der Waals surface area contributed by atoms with Gasteiger partial charge in [-0.05, 0) is 0 Å². The van der Waals surface area contributed by atoms with Crippen molar-refractivity contribution in [2.45, 2.75) is 6.92 Å². The van der Waals surface area contributed by atoms with E-state index in [9.17, 15) is 0 Å². The molecule has 0 aromatic heterocycles. The van der Waals surface area contributed by atoms with Crippen LogP contribution in [0.4, 0.5) is 0 Å². The van der Waals surface area contributed by atoms with Crippen LogP contribution in [0.3, 0.4) is 0 Å². The monoisotopic (exact) mass is 106 g/mol. The Hall–Kier alpha value is 0.189. The molecule has 27 valence electrons. The van der Waals surface area contributed by atoms with Crippen LogP contribution in [0.5, 0.6) is 0 Å². The van der Waals surface area contributed by atoms with E-state index in [1.807, 2.05) is 0 Å². The number of hydrogen-bond donors (Lipinski definition) is 0. The van der Waals surface area contributed by atoms with Gasteiger partial charge in [-0.3, -0.25) is 6.29 Å². The Bertz CT molecular complexity index is 13.5. The van der Waals surface area contributed by atoms with Crippen LogP contribution in [0, 0.1) is 0 Å². The Morgan fingerprint density at radius 2 is 1.75 bits per heavy atom. The van der Waals surface area contributed by atoms with E-state index >= 15 is 0 Å². The molecule has 0 rings (SSSR count). The summed E-state index contributed by atoms with van der Waals surface area (Å²) in [5.41, 5.74) is 0. The van der Waals surface area contributed by atoms with Crippen LogP contribution in [-0.2, 0) is 21.9 Å². The van der Waals surface area contributed by atoms with E-state index in [0.29, 0.717) is 0 Å². The van der Waals surface area contributed by atoms with E-state index in [-0.39, 0.29) is 17.1 Å². The van der Waals surface area contributed by atoms with Crippen molar-refractivity contribution in [2.75, 3.05) is 0 Å². The molecule has 0 unspecified atom stereocenters. The average molecular weight is 107 g/mol. The van der Waals surface area contributed by atoms with Gasteiger partial charge in [0, 0.05) is 0 Å². The molecule has 0 aromatic carbocycles. The third-order valence-corrected chi connectivity index (χ3v) is 0. The normalized spacial score (nSPS) is 3.25. The molecule has 0 N–H and O–H groups in total. The van der Waals surface area contributed by atoms with Gasteiger partial charge in [-0.2, -0.15) is 6.92 Å². The molecule has 1 radical (unpaired) electrons. The van der Waals surface area contributed by atoms with Crippen molar-refractivity contribution in [3.05, 3.63) is 0 Å². The van der Waals surface area contributed by atoms with Crippen LogP contribution in [-0.4, -0.2) is 6.29 Å². The number of carbonyl (C=O) groups excluding carboxylic acids is 1. The Morgan fingerprint density at radius 1 is 1.75 bits per heavy atom. The standard InChI is InChI=1S/C2H3O.Cu/c1-2-3;/h1H3;/q-1;+2. The van der Waals surface area contributed by atoms with Crippen LogP contribution in [0.25, 0.3) is 0 Å². The second-order valence-electron chi connectivity index (χ2n) is 0.204. The quantitative estimate of drug-likeness (QED) is 0.317. The molecule has 0 aliphatic rings. The molecule has 0 heterocycles. The average Bonchev–Trinajstić information content (AvgIpc) is 0.918. The molecular formula is C2H3CuO+. The molecule has 0 bridgehead atoms. The molecule has 0 saturated heterocycles. The smallest absolute Gasteiger partial charge is 0.542 e. The predicted octanol–water partition coefficient (Wildman–Crippen LogP) is 0.113. The van der Waals surface area contributed by atoms with Gasteiger partial charge in [-0.1, -0.05) is 0 Å². The topological polar surface area (TPSA) is 17.1 Å². The molecule has 0 aliphatic carbocycles. The summed E-state index contributed by atoms with van der Waals surface area (Å²) in [6.07, 6.45) is 1.50. The van der Waals surface area contributed by atoms with Crippen LogP contribution in [0.2, 0.25) is 0 Å². The molecule has 0 atom stereocenters. The molecule has 0 aliphatic heterocycles. The molecule has 0 fully saturated rings.